The molecular formula is C6H8O2. The third-order valence-electron chi connectivity index (χ3n) is 0.981. The van der Waals surface area contributed by atoms with Gasteiger partial charge in [0.2, 0.25) is 5.76 Å². The summed E-state index contributed by atoms with van der Waals surface area (Å²) in [7, 11) is 0. The van der Waals surface area contributed by atoms with Crippen molar-refractivity contribution in [2.24, 2.45) is 0 Å². The lowest BCUT2D eigenvalue weighted by Gasteiger charge is -1.74. The number of allylic oxidation sites excluding steroid dienone is 1. The summed E-state index contributed by atoms with van der Waals surface area (Å²) in [5, 5.41) is 0. The van der Waals surface area contributed by atoms with Crippen LogP contribution in [0.4, 0.5) is 0 Å². The lowest BCUT2D eigenvalue weighted by atomic mass is 10.3. The number of ether oxygens (including phenoxy) is 1. The van der Waals surface area contributed by atoms with Gasteiger partial charge in [0.05, 0.1) is 0 Å². The average Bonchev–Trinajstić information content (AvgIpc) is 2.42. The zero-order chi connectivity index (χ0) is 5.98. The van der Waals surface area contributed by atoms with E-state index in [0.29, 0.717) is 5.76 Å². The fourth-order valence-corrected chi connectivity index (χ4v) is 0.475. The molecule has 1 aliphatic heterocycles. The van der Waals surface area contributed by atoms with Gasteiger partial charge in [0, 0.05) is 0 Å². The first-order chi connectivity index (χ1) is 3.84. The molecule has 0 aliphatic carbocycles. The van der Waals surface area contributed by atoms with E-state index in [1.165, 1.54) is 0 Å². The Kier molecular flexibility index (Phi) is 1.33. The van der Waals surface area contributed by atoms with Crippen LogP contribution >= 0.6 is 0 Å². The van der Waals surface area contributed by atoms with Crippen molar-refractivity contribution >= 4 is 5.97 Å². The fraction of sp³-hybridized carbons (Fsp3) is 0.500. The van der Waals surface area contributed by atoms with Gasteiger partial charge in [-0.25, -0.2) is 4.79 Å². The Bertz CT molecular complexity index is 135. The molecule has 2 nitrogen and oxygen atoms in total. The topological polar surface area (TPSA) is 29.6 Å². The fourth-order valence-electron chi connectivity index (χ4n) is 0.475. The second-order valence-corrected chi connectivity index (χ2v) is 1.75. The largest absolute Gasteiger partial charge is 0.413 e. The van der Waals surface area contributed by atoms with Crippen molar-refractivity contribution in [3.63, 3.8) is 0 Å². The Hall–Kier alpha value is -0.790. The zero-order valence-corrected chi connectivity index (χ0v) is 4.81. The van der Waals surface area contributed by atoms with Crippen molar-refractivity contribution in [3.8, 4) is 0 Å². The van der Waals surface area contributed by atoms with E-state index in [9.17, 15) is 4.79 Å². The molecule has 0 spiro atoms. The number of unbranched alkanes of at least 4 members (excludes halogenated alkanes) is 1. The van der Waals surface area contributed by atoms with Crippen LogP contribution in [0.15, 0.2) is 11.8 Å². The van der Waals surface area contributed by atoms with Gasteiger partial charge in [-0.3, -0.25) is 0 Å². The molecule has 0 aromatic carbocycles. The third kappa shape index (κ3) is 1.09. The third-order valence-corrected chi connectivity index (χ3v) is 0.981. The maximum Gasteiger partial charge on any atom is 0.379 e. The number of hydrogen-bond acceptors (Lipinski definition) is 2. The zero-order valence-electron chi connectivity index (χ0n) is 4.81. The number of rotatable bonds is 2. The van der Waals surface area contributed by atoms with Crippen molar-refractivity contribution in [2.75, 3.05) is 0 Å². The standard InChI is InChI=1S/C6H8O2/c1-2-3-4-5-6(7)8-5/h4H,2-3H2,1H3. The predicted octanol–water partition coefficient (Wildman–Crippen LogP) is 1.23. The Morgan fingerprint density at radius 3 is 2.75 bits per heavy atom. The Labute approximate surface area is 48.1 Å². The first-order valence-corrected chi connectivity index (χ1v) is 2.77. The molecule has 0 saturated carbocycles. The van der Waals surface area contributed by atoms with E-state index in [-0.39, 0.29) is 5.97 Å². The highest BCUT2D eigenvalue weighted by Gasteiger charge is 2.28. The predicted molar refractivity (Wildman–Crippen MR) is 29.1 cm³/mol. The van der Waals surface area contributed by atoms with Crippen LogP contribution in [0.1, 0.15) is 19.8 Å². The maximum absolute atomic E-state index is 10.1. The number of hydrogen-bond donors (Lipinski definition) is 0. The van der Waals surface area contributed by atoms with Crippen molar-refractivity contribution in [3.05, 3.63) is 11.8 Å². The van der Waals surface area contributed by atoms with Crippen molar-refractivity contribution in [2.45, 2.75) is 19.8 Å². The quantitative estimate of drug-likeness (QED) is 0.397. The van der Waals surface area contributed by atoms with E-state index < -0.39 is 0 Å². The molecule has 0 atom stereocenters. The molecule has 0 radical (unpaired) electrons. The number of epoxide rings is 1. The SMILES string of the molecule is CCCC=C1OC1=O. The van der Waals surface area contributed by atoms with Crippen molar-refractivity contribution < 1.29 is 9.53 Å². The molecule has 0 aromatic heterocycles. The Morgan fingerprint density at radius 1 is 1.75 bits per heavy atom. The molecule has 1 aliphatic rings. The van der Waals surface area contributed by atoms with Gasteiger partial charge in [0.25, 0.3) is 0 Å². The molecule has 8 heavy (non-hydrogen) atoms. The first kappa shape index (κ1) is 5.35. The summed E-state index contributed by atoms with van der Waals surface area (Å²) < 4.78 is 4.44. The van der Waals surface area contributed by atoms with Gasteiger partial charge < -0.3 is 4.74 Å². The van der Waals surface area contributed by atoms with Crippen LogP contribution in [0.5, 0.6) is 0 Å². The smallest absolute Gasteiger partial charge is 0.379 e. The second-order valence-electron chi connectivity index (χ2n) is 1.75. The van der Waals surface area contributed by atoms with E-state index in [2.05, 4.69) is 11.7 Å². The summed E-state index contributed by atoms with van der Waals surface area (Å²) in [6.45, 7) is 2.06. The van der Waals surface area contributed by atoms with Crippen molar-refractivity contribution in [1.29, 1.82) is 0 Å². The van der Waals surface area contributed by atoms with Crippen LogP contribution in [0, 0.1) is 0 Å². The number of carbonyl (C=O) groups is 1. The molecule has 0 N–H and O–H groups in total. The van der Waals surface area contributed by atoms with E-state index >= 15 is 0 Å². The van der Waals surface area contributed by atoms with Gasteiger partial charge in [-0.2, -0.15) is 0 Å². The highest BCUT2D eigenvalue weighted by molar-refractivity contribution is 6.00. The molecule has 1 saturated heterocycles. The minimum absolute atomic E-state index is 0.154. The van der Waals surface area contributed by atoms with Gasteiger partial charge in [0.1, 0.15) is 0 Å². The Balaban J connectivity index is 2.25. The molecule has 0 bridgehead atoms. The number of cyclic esters (lactones) is 1. The highest BCUT2D eigenvalue weighted by atomic mass is 16.6. The van der Waals surface area contributed by atoms with Crippen LogP contribution in [0.3, 0.4) is 0 Å². The highest BCUT2D eigenvalue weighted by Crippen LogP contribution is 2.17. The molecule has 0 aromatic rings. The van der Waals surface area contributed by atoms with E-state index in [1.807, 2.05) is 6.08 Å². The van der Waals surface area contributed by atoms with Gasteiger partial charge in [-0.05, 0) is 12.5 Å². The van der Waals surface area contributed by atoms with E-state index in [1.54, 1.807) is 0 Å². The summed E-state index contributed by atoms with van der Waals surface area (Å²) in [5.41, 5.74) is 0. The molecule has 0 unspecified atom stereocenters. The lowest BCUT2D eigenvalue weighted by Crippen LogP contribution is -1.61. The van der Waals surface area contributed by atoms with Crippen LogP contribution in [0.2, 0.25) is 0 Å². The van der Waals surface area contributed by atoms with Gasteiger partial charge in [-0.15, -0.1) is 0 Å². The van der Waals surface area contributed by atoms with Crippen molar-refractivity contribution in [1.82, 2.24) is 0 Å². The molecule has 1 fully saturated rings. The van der Waals surface area contributed by atoms with Crippen LogP contribution in [-0.2, 0) is 9.53 Å². The molecular weight excluding hydrogens is 104 g/mol. The van der Waals surface area contributed by atoms with E-state index in [0.717, 1.165) is 12.8 Å². The summed E-state index contributed by atoms with van der Waals surface area (Å²) in [6.07, 6.45) is 3.84. The maximum atomic E-state index is 10.1. The second kappa shape index (κ2) is 1.99. The summed E-state index contributed by atoms with van der Waals surface area (Å²) >= 11 is 0. The first-order valence-electron chi connectivity index (χ1n) is 2.77. The lowest BCUT2D eigenvalue weighted by molar-refractivity contribution is -0.117. The van der Waals surface area contributed by atoms with Gasteiger partial charge in [-0.1, -0.05) is 13.3 Å². The number of carbonyl (C=O) groups excluding carboxylic acids is 1. The minimum Gasteiger partial charge on any atom is -0.413 e. The van der Waals surface area contributed by atoms with Gasteiger partial charge in [0.15, 0.2) is 0 Å². The average molecular weight is 112 g/mol. The molecule has 2 heteroatoms. The molecule has 1 rings (SSSR count). The van der Waals surface area contributed by atoms with Crippen LogP contribution in [-0.4, -0.2) is 5.97 Å². The molecule has 44 valence electrons. The molecule has 0 amide bonds. The summed E-state index contributed by atoms with van der Waals surface area (Å²) in [5.74, 6) is 0.394. The normalized spacial score (nSPS) is 21.1. The van der Waals surface area contributed by atoms with Crippen LogP contribution in [0.25, 0.3) is 0 Å². The molecule has 1 heterocycles. The van der Waals surface area contributed by atoms with Crippen LogP contribution < -0.4 is 0 Å². The monoisotopic (exact) mass is 112 g/mol. The minimum atomic E-state index is -0.154. The summed E-state index contributed by atoms with van der Waals surface area (Å²) in [6, 6.07) is 0. The summed E-state index contributed by atoms with van der Waals surface area (Å²) in [4.78, 5) is 10.1. The Morgan fingerprint density at radius 2 is 2.38 bits per heavy atom. The van der Waals surface area contributed by atoms with E-state index in [4.69, 9.17) is 0 Å². The van der Waals surface area contributed by atoms with Gasteiger partial charge >= 0.3 is 5.97 Å².